The van der Waals surface area contributed by atoms with Gasteiger partial charge in [-0.15, -0.1) is 0 Å². The van der Waals surface area contributed by atoms with Crippen LogP contribution in [0.15, 0.2) is 30.1 Å². The van der Waals surface area contributed by atoms with E-state index in [1.54, 1.807) is 30.3 Å². The van der Waals surface area contributed by atoms with Gasteiger partial charge in [0.25, 0.3) is 0 Å². The minimum absolute atomic E-state index is 0.0800. The van der Waals surface area contributed by atoms with Gasteiger partial charge in [0.15, 0.2) is 5.78 Å². The van der Waals surface area contributed by atoms with Crippen LogP contribution >= 0.6 is 0 Å². The predicted octanol–water partition coefficient (Wildman–Crippen LogP) is -0.00910. The molecule has 8 heteroatoms. The van der Waals surface area contributed by atoms with Crippen LogP contribution in [0.25, 0.3) is 0 Å². The normalized spacial score (nSPS) is 17.1. The summed E-state index contributed by atoms with van der Waals surface area (Å²) in [5.74, 6) is -3.32. The Kier molecular flexibility index (Phi) is 4.83. The number of carbonyl (C=O) groups excluding carboxylic acids is 3. The van der Waals surface area contributed by atoms with Gasteiger partial charge in [-0.25, -0.2) is 13.9 Å². The molecule has 2 rings (SSSR count). The van der Waals surface area contributed by atoms with Crippen molar-refractivity contribution in [2.45, 2.75) is 18.9 Å². The van der Waals surface area contributed by atoms with Crippen molar-refractivity contribution in [1.82, 2.24) is 4.57 Å². The van der Waals surface area contributed by atoms with E-state index in [2.05, 4.69) is 0 Å². The van der Waals surface area contributed by atoms with Crippen molar-refractivity contribution in [3.8, 4) is 0 Å². The number of allylic oxidation sites excluding steroid dienone is 1. The topological polar surface area (TPSA) is 98.7 Å². The van der Waals surface area contributed by atoms with Gasteiger partial charge < -0.3 is 14.6 Å². The average molecular weight is 323 g/mol. The Morgan fingerprint density at radius 1 is 1.26 bits per heavy atom. The molecule has 1 aliphatic carbocycles. The van der Waals surface area contributed by atoms with E-state index in [9.17, 15) is 19.5 Å². The number of aromatic nitrogens is 2. The highest BCUT2D eigenvalue weighted by Crippen LogP contribution is 2.35. The van der Waals surface area contributed by atoms with E-state index in [0.717, 1.165) is 7.11 Å². The summed E-state index contributed by atoms with van der Waals surface area (Å²) in [6.07, 6.45) is 5.08. The zero-order valence-electron chi connectivity index (χ0n) is 13.2. The second kappa shape index (κ2) is 6.64. The maximum absolute atomic E-state index is 12.3. The summed E-state index contributed by atoms with van der Waals surface area (Å²) >= 11 is 0. The van der Waals surface area contributed by atoms with E-state index in [0.29, 0.717) is 0 Å². The zero-order valence-corrected chi connectivity index (χ0v) is 13.2. The van der Waals surface area contributed by atoms with Crippen molar-refractivity contribution in [3.05, 3.63) is 30.1 Å². The molecule has 0 spiro atoms. The molecule has 0 fully saturated rings. The predicted molar refractivity (Wildman–Crippen MR) is 76.1 cm³/mol. The number of aliphatic hydroxyl groups excluding tert-OH is 1. The van der Waals surface area contributed by atoms with E-state index in [1.807, 2.05) is 0 Å². The molecule has 0 aliphatic heterocycles. The van der Waals surface area contributed by atoms with E-state index in [-0.39, 0.29) is 30.0 Å². The van der Waals surface area contributed by atoms with Crippen molar-refractivity contribution in [2.24, 2.45) is 13.0 Å². The Balaban J connectivity index is 2.58. The molecule has 0 aromatic carbocycles. The van der Waals surface area contributed by atoms with Crippen LogP contribution in [0.3, 0.4) is 0 Å². The monoisotopic (exact) mass is 323 g/mol. The highest BCUT2D eigenvalue weighted by atomic mass is 16.5. The van der Waals surface area contributed by atoms with Gasteiger partial charge in [0.2, 0.25) is 12.4 Å². The van der Waals surface area contributed by atoms with Gasteiger partial charge in [0.1, 0.15) is 24.1 Å². The minimum Gasteiger partial charge on any atom is -0.512 e. The van der Waals surface area contributed by atoms with E-state index < -0.39 is 23.9 Å². The molecule has 0 saturated heterocycles. The lowest BCUT2D eigenvalue weighted by Crippen LogP contribution is -2.37. The number of Topliss-reactive ketones (excluding diaryl/α,β-unsaturated/α-hetero) is 1. The van der Waals surface area contributed by atoms with E-state index in [4.69, 9.17) is 9.47 Å². The highest BCUT2D eigenvalue weighted by molar-refractivity contribution is 6.04. The number of ketones is 1. The number of ether oxygens (including phenoxy) is 2. The Hall–Kier alpha value is -2.64. The van der Waals surface area contributed by atoms with Gasteiger partial charge in [-0.1, -0.05) is 0 Å². The Morgan fingerprint density at radius 2 is 1.91 bits per heavy atom. The molecule has 2 unspecified atom stereocenters. The van der Waals surface area contributed by atoms with Crippen LogP contribution in [0.2, 0.25) is 0 Å². The fourth-order valence-electron chi connectivity index (χ4n) is 2.73. The van der Waals surface area contributed by atoms with Crippen LogP contribution in [-0.2, 0) is 30.9 Å². The lowest BCUT2D eigenvalue weighted by Gasteiger charge is -2.21. The van der Waals surface area contributed by atoms with Gasteiger partial charge >= 0.3 is 11.9 Å². The standard InChI is InChI=1S/C15H18N2O6/c1-16-6-7-17(8-16)13(15(21)23-3)12(14(20)22-2)11-9(18)4-5-10(11)19/h6-8,12-13H,4-5H2,1-3H3/p+1. The number of methoxy groups -OCH3 is 2. The molecule has 1 aromatic heterocycles. The van der Waals surface area contributed by atoms with Gasteiger partial charge in [-0.2, -0.15) is 0 Å². The number of hydrogen-bond acceptors (Lipinski definition) is 6. The fourth-order valence-corrected chi connectivity index (χ4v) is 2.73. The van der Waals surface area contributed by atoms with E-state index >= 15 is 0 Å². The largest absolute Gasteiger partial charge is 0.512 e. The molecular weight excluding hydrogens is 304 g/mol. The third kappa shape index (κ3) is 3.10. The maximum atomic E-state index is 12.3. The summed E-state index contributed by atoms with van der Waals surface area (Å²) in [5.41, 5.74) is -0.0800. The summed E-state index contributed by atoms with van der Waals surface area (Å²) in [4.78, 5) is 36.7. The molecule has 8 nitrogen and oxygen atoms in total. The summed E-state index contributed by atoms with van der Waals surface area (Å²) in [6, 6.07) is -1.15. The first-order valence-corrected chi connectivity index (χ1v) is 7.04. The first kappa shape index (κ1) is 16.7. The molecule has 0 bridgehead atoms. The first-order valence-electron chi connectivity index (χ1n) is 7.04. The first-order chi connectivity index (χ1) is 10.9. The number of rotatable bonds is 5. The van der Waals surface area contributed by atoms with Crippen LogP contribution in [0.1, 0.15) is 18.9 Å². The molecule has 0 radical (unpaired) electrons. The van der Waals surface area contributed by atoms with Gasteiger partial charge in [-0.3, -0.25) is 9.59 Å². The van der Waals surface area contributed by atoms with Crippen LogP contribution in [0, 0.1) is 5.92 Å². The summed E-state index contributed by atoms with van der Waals surface area (Å²) < 4.78 is 12.7. The average Bonchev–Trinajstić information content (AvgIpc) is 3.10. The number of aryl methyl sites for hydroxylation is 1. The van der Waals surface area contributed by atoms with Crippen molar-refractivity contribution in [3.63, 3.8) is 0 Å². The molecule has 1 heterocycles. The summed E-state index contributed by atoms with van der Waals surface area (Å²) in [5, 5.41) is 10.0. The fraction of sp³-hybridized carbons (Fsp3) is 0.467. The molecule has 1 aliphatic rings. The van der Waals surface area contributed by atoms with Gasteiger partial charge in [0.05, 0.1) is 26.8 Å². The maximum Gasteiger partial charge on any atom is 0.352 e. The van der Waals surface area contributed by atoms with Crippen molar-refractivity contribution >= 4 is 17.7 Å². The van der Waals surface area contributed by atoms with Crippen molar-refractivity contribution in [1.29, 1.82) is 0 Å². The Labute approximate surface area is 132 Å². The summed E-state index contributed by atoms with van der Waals surface area (Å²) in [6.45, 7) is 0. The third-order valence-electron chi connectivity index (χ3n) is 3.84. The van der Waals surface area contributed by atoms with Crippen LogP contribution in [0.5, 0.6) is 0 Å². The number of imidazole rings is 1. The molecule has 124 valence electrons. The number of hydrogen-bond donors (Lipinski definition) is 1. The van der Waals surface area contributed by atoms with Crippen LogP contribution < -0.4 is 4.57 Å². The lowest BCUT2D eigenvalue weighted by molar-refractivity contribution is -0.671. The third-order valence-corrected chi connectivity index (χ3v) is 3.84. The molecular formula is C15H19N2O6+. The van der Waals surface area contributed by atoms with E-state index in [1.165, 1.54) is 11.7 Å². The molecule has 1 aromatic rings. The minimum atomic E-state index is -1.27. The molecule has 0 amide bonds. The van der Waals surface area contributed by atoms with Gasteiger partial charge in [-0.05, 0) is 0 Å². The lowest BCUT2D eigenvalue weighted by atomic mass is 9.89. The Bertz CT molecular complexity index is 675. The second-order valence-electron chi connectivity index (χ2n) is 5.28. The van der Waals surface area contributed by atoms with Crippen LogP contribution in [0.4, 0.5) is 0 Å². The zero-order chi connectivity index (χ0) is 17.1. The number of carbonyl (C=O) groups is 3. The van der Waals surface area contributed by atoms with Crippen LogP contribution in [-0.4, -0.2) is 41.6 Å². The second-order valence-corrected chi connectivity index (χ2v) is 5.28. The molecule has 1 N–H and O–H groups in total. The van der Waals surface area contributed by atoms with Crippen molar-refractivity contribution in [2.75, 3.05) is 14.2 Å². The smallest absolute Gasteiger partial charge is 0.352 e. The molecule has 2 atom stereocenters. The summed E-state index contributed by atoms with van der Waals surface area (Å²) in [7, 11) is 4.10. The SMILES string of the molecule is COC(=O)C(C1=C(O)CCC1=O)C(C(=O)OC)n1cc[n+](C)c1. The quantitative estimate of drug-likeness (QED) is 0.604. The Morgan fingerprint density at radius 3 is 2.35 bits per heavy atom. The number of aliphatic hydroxyl groups is 1. The molecule has 23 heavy (non-hydrogen) atoms. The highest BCUT2D eigenvalue weighted by Gasteiger charge is 2.47. The van der Waals surface area contributed by atoms with Crippen molar-refractivity contribution < 1.29 is 33.5 Å². The number of nitrogens with zero attached hydrogens (tertiary/aromatic N) is 2. The number of esters is 2. The molecule has 0 saturated carbocycles. The van der Waals surface area contributed by atoms with Gasteiger partial charge in [0, 0.05) is 12.8 Å².